The van der Waals surface area contributed by atoms with Gasteiger partial charge in [-0.2, -0.15) is 0 Å². The largest absolute Gasteiger partial charge is 0.368 e. The molecule has 1 aliphatic rings. The zero-order valence-corrected chi connectivity index (χ0v) is 12.2. The minimum atomic E-state index is -3.84. The first-order valence-electron chi connectivity index (χ1n) is 6.13. The smallest absolute Gasteiger partial charge is 0.253 e. The van der Waals surface area contributed by atoms with Crippen molar-refractivity contribution in [2.75, 3.05) is 11.9 Å². The number of benzene rings is 1. The van der Waals surface area contributed by atoms with Gasteiger partial charge in [0, 0.05) is 6.61 Å². The van der Waals surface area contributed by atoms with E-state index in [0.29, 0.717) is 13.0 Å². The van der Waals surface area contributed by atoms with Crippen LogP contribution in [0.25, 0.3) is 0 Å². The molecule has 0 bridgehead atoms. The lowest BCUT2D eigenvalue weighted by Crippen LogP contribution is -2.33. The van der Waals surface area contributed by atoms with E-state index in [9.17, 15) is 13.2 Å². The van der Waals surface area contributed by atoms with Gasteiger partial charge < -0.3 is 10.1 Å². The van der Waals surface area contributed by atoms with Crippen molar-refractivity contribution < 1.29 is 17.9 Å². The first-order valence-corrected chi connectivity index (χ1v) is 8.05. The van der Waals surface area contributed by atoms with Crippen LogP contribution in [0.1, 0.15) is 19.3 Å². The molecule has 1 heterocycles. The Morgan fingerprint density at radius 1 is 1.40 bits per heavy atom. The molecule has 1 atom stereocenters. The number of ether oxygens (including phenoxy) is 1. The van der Waals surface area contributed by atoms with Crippen molar-refractivity contribution >= 4 is 33.2 Å². The van der Waals surface area contributed by atoms with Crippen LogP contribution in [0.15, 0.2) is 23.1 Å². The van der Waals surface area contributed by atoms with E-state index >= 15 is 0 Å². The highest BCUT2D eigenvalue weighted by Crippen LogP contribution is 2.25. The Balaban J connectivity index is 2.18. The predicted octanol–water partition coefficient (Wildman–Crippen LogP) is 1.50. The fraction of sp³-hybridized carbons (Fsp3) is 0.417. The van der Waals surface area contributed by atoms with E-state index in [0.717, 1.165) is 12.8 Å². The highest BCUT2D eigenvalue weighted by Gasteiger charge is 2.23. The average Bonchev–Trinajstić information content (AvgIpc) is 2.41. The fourth-order valence-corrected chi connectivity index (χ4v) is 2.64. The third kappa shape index (κ3) is 3.69. The van der Waals surface area contributed by atoms with E-state index in [1.165, 1.54) is 18.2 Å². The monoisotopic (exact) mass is 318 g/mol. The molecule has 20 heavy (non-hydrogen) atoms. The molecule has 3 N–H and O–H groups in total. The van der Waals surface area contributed by atoms with Crippen LogP contribution in [0.3, 0.4) is 0 Å². The number of primary sulfonamides is 1. The lowest BCUT2D eigenvalue weighted by Gasteiger charge is -2.22. The highest BCUT2D eigenvalue weighted by molar-refractivity contribution is 7.89. The number of amides is 1. The van der Waals surface area contributed by atoms with E-state index < -0.39 is 16.1 Å². The number of carbonyl (C=O) groups is 1. The minimum absolute atomic E-state index is 0.109. The SMILES string of the molecule is NS(=O)(=O)c1ccc(Cl)c(NC(=O)C2CCCCO2)c1. The summed E-state index contributed by atoms with van der Waals surface area (Å²) < 4.78 is 27.9. The summed E-state index contributed by atoms with van der Waals surface area (Å²) in [5.74, 6) is -0.335. The molecule has 1 saturated heterocycles. The van der Waals surface area contributed by atoms with Gasteiger partial charge in [-0.15, -0.1) is 0 Å². The Bertz CT molecular complexity index is 612. The van der Waals surface area contributed by atoms with Crippen molar-refractivity contribution in [1.29, 1.82) is 0 Å². The molecule has 1 aliphatic heterocycles. The van der Waals surface area contributed by atoms with Gasteiger partial charge in [-0.05, 0) is 37.5 Å². The maximum Gasteiger partial charge on any atom is 0.253 e. The van der Waals surface area contributed by atoms with Crippen molar-refractivity contribution in [3.63, 3.8) is 0 Å². The Hall–Kier alpha value is -1.15. The molecular formula is C12H15ClN2O4S. The summed E-state index contributed by atoms with van der Waals surface area (Å²) in [5.41, 5.74) is 0.206. The second-order valence-corrected chi connectivity index (χ2v) is 6.50. The van der Waals surface area contributed by atoms with Crippen LogP contribution in [0.5, 0.6) is 0 Å². The maximum atomic E-state index is 12.0. The van der Waals surface area contributed by atoms with Gasteiger partial charge >= 0.3 is 0 Å². The summed E-state index contributed by atoms with van der Waals surface area (Å²) in [6.07, 6.45) is 1.96. The number of nitrogens with two attached hydrogens (primary N) is 1. The van der Waals surface area contributed by atoms with Crippen molar-refractivity contribution in [3.8, 4) is 0 Å². The molecule has 1 aromatic carbocycles. The minimum Gasteiger partial charge on any atom is -0.368 e. The quantitative estimate of drug-likeness (QED) is 0.882. The Morgan fingerprint density at radius 3 is 2.75 bits per heavy atom. The van der Waals surface area contributed by atoms with E-state index in [1.807, 2.05) is 0 Å². The van der Waals surface area contributed by atoms with Crippen LogP contribution in [0.4, 0.5) is 5.69 Å². The van der Waals surface area contributed by atoms with E-state index in [-0.39, 0.29) is 21.5 Å². The van der Waals surface area contributed by atoms with Crippen LogP contribution in [0, 0.1) is 0 Å². The Labute approximate surface area is 122 Å². The molecule has 1 fully saturated rings. The van der Waals surface area contributed by atoms with Gasteiger partial charge in [-0.1, -0.05) is 11.6 Å². The normalized spacial score (nSPS) is 19.6. The Morgan fingerprint density at radius 2 is 2.15 bits per heavy atom. The van der Waals surface area contributed by atoms with Crippen molar-refractivity contribution in [3.05, 3.63) is 23.2 Å². The van der Waals surface area contributed by atoms with Crippen LogP contribution < -0.4 is 10.5 Å². The van der Waals surface area contributed by atoms with Gasteiger partial charge in [0.1, 0.15) is 6.10 Å². The fourth-order valence-electron chi connectivity index (χ4n) is 1.94. The molecule has 0 aliphatic carbocycles. The van der Waals surface area contributed by atoms with Gasteiger partial charge in [0.15, 0.2) is 0 Å². The molecule has 2 rings (SSSR count). The molecule has 0 radical (unpaired) electrons. The molecule has 0 saturated carbocycles. The summed E-state index contributed by atoms with van der Waals surface area (Å²) in [6, 6.07) is 3.89. The highest BCUT2D eigenvalue weighted by atomic mass is 35.5. The number of hydrogen-bond donors (Lipinski definition) is 2. The second-order valence-electron chi connectivity index (χ2n) is 4.53. The van der Waals surface area contributed by atoms with Gasteiger partial charge in [-0.3, -0.25) is 4.79 Å². The first kappa shape index (κ1) is 15.2. The number of sulfonamides is 1. The molecule has 0 spiro atoms. The molecule has 6 nitrogen and oxygen atoms in total. The van der Waals surface area contributed by atoms with Crippen LogP contribution in [-0.4, -0.2) is 27.0 Å². The first-order chi connectivity index (χ1) is 9.38. The molecule has 1 aromatic rings. The molecule has 8 heteroatoms. The lowest BCUT2D eigenvalue weighted by atomic mass is 10.1. The van der Waals surface area contributed by atoms with Gasteiger partial charge in [0.2, 0.25) is 10.0 Å². The molecule has 0 aromatic heterocycles. The number of halogens is 1. The second kappa shape index (κ2) is 6.09. The van der Waals surface area contributed by atoms with Gasteiger partial charge in [0.05, 0.1) is 15.6 Å². The summed E-state index contributed by atoms with van der Waals surface area (Å²) in [5, 5.41) is 7.86. The van der Waals surface area contributed by atoms with Gasteiger partial charge in [-0.25, -0.2) is 13.6 Å². The summed E-state index contributed by atoms with van der Waals surface area (Å²) in [7, 11) is -3.84. The number of hydrogen-bond acceptors (Lipinski definition) is 4. The van der Waals surface area contributed by atoms with E-state index in [4.69, 9.17) is 21.5 Å². The van der Waals surface area contributed by atoms with Crippen molar-refractivity contribution in [2.24, 2.45) is 5.14 Å². The zero-order valence-electron chi connectivity index (χ0n) is 10.6. The van der Waals surface area contributed by atoms with E-state index in [2.05, 4.69) is 5.32 Å². The predicted molar refractivity (Wildman–Crippen MR) is 75.0 cm³/mol. The lowest BCUT2D eigenvalue weighted by molar-refractivity contribution is -0.129. The number of carbonyl (C=O) groups excluding carboxylic acids is 1. The van der Waals surface area contributed by atoms with Crippen molar-refractivity contribution in [2.45, 2.75) is 30.3 Å². The number of nitrogens with one attached hydrogen (secondary N) is 1. The topological polar surface area (TPSA) is 98.5 Å². The van der Waals surface area contributed by atoms with Crippen LogP contribution in [0.2, 0.25) is 5.02 Å². The molecule has 1 amide bonds. The zero-order chi connectivity index (χ0) is 14.8. The third-order valence-electron chi connectivity index (χ3n) is 3.00. The number of rotatable bonds is 3. The third-order valence-corrected chi connectivity index (χ3v) is 4.24. The average molecular weight is 319 g/mol. The molecular weight excluding hydrogens is 304 g/mol. The summed E-state index contributed by atoms with van der Waals surface area (Å²) >= 11 is 5.94. The van der Waals surface area contributed by atoms with Crippen LogP contribution in [-0.2, 0) is 19.6 Å². The maximum absolute atomic E-state index is 12.0. The van der Waals surface area contributed by atoms with Crippen LogP contribution >= 0.6 is 11.6 Å². The number of anilines is 1. The molecule has 110 valence electrons. The molecule has 1 unspecified atom stereocenters. The summed E-state index contributed by atoms with van der Waals surface area (Å²) in [6.45, 7) is 0.545. The Kier molecular flexibility index (Phi) is 4.64. The standard InChI is InChI=1S/C12H15ClN2O4S/c13-9-5-4-8(20(14,17)18)7-10(9)15-12(16)11-3-1-2-6-19-11/h4-5,7,11H,1-3,6H2,(H,15,16)(H2,14,17,18). The van der Waals surface area contributed by atoms with Crippen molar-refractivity contribution in [1.82, 2.24) is 0 Å². The summed E-state index contributed by atoms with van der Waals surface area (Å²) in [4.78, 5) is 11.9. The van der Waals surface area contributed by atoms with E-state index in [1.54, 1.807) is 0 Å². The van der Waals surface area contributed by atoms with Gasteiger partial charge in [0.25, 0.3) is 5.91 Å².